The molecule has 0 bridgehead atoms. The van der Waals surface area contributed by atoms with Crippen LogP contribution in [-0.2, 0) is 17.8 Å². The van der Waals surface area contributed by atoms with Gasteiger partial charge < -0.3 is 4.74 Å². The third kappa shape index (κ3) is 4.33. The Morgan fingerprint density at radius 2 is 1.72 bits per heavy atom. The predicted molar refractivity (Wildman–Crippen MR) is 96.5 cm³/mol. The van der Waals surface area contributed by atoms with E-state index in [9.17, 15) is 4.79 Å². The molecular weight excluding hydrogens is 314 g/mol. The molecule has 128 valence electrons. The molecular formula is C20H21N3O2. The van der Waals surface area contributed by atoms with Crippen molar-refractivity contribution >= 4 is 5.97 Å². The van der Waals surface area contributed by atoms with Crippen molar-refractivity contribution in [2.75, 3.05) is 14.2 Å². The summed E-state index contributed by atoms with van der Waals surface area (Å²) < 4.78 is 6.60. The van der Waals surface area contributed by atoms with Crippen LogP contribution in [0.2, 0.25) is 0 Å². The van der Waals surface area contributed by atoms with Gasteiger partial charge >= 0.3 is 5.97 Å². The van der Waals surface area contributed by atoms with E-state index >= 15 is 0 Å². The zero-order valence-corrected chi connectivity index (χ0v) is 14.4. The SMILES string of the molecule is COC(=O)c1ccc(CN(C)Cc2cnn(-c3ccccc3)c2)cc1. The summed E-state index contributed by atoms with van der Waals surface area (Å²) in [4.78, 5) is 13.7. The van der Waals surface area contributed by atoms with Crippen molar-refractivity contribution in [2.24, 2.45) is 0 Å². The van der Waals surface area contributed by atoms with E-state index in [1.807, 2.05) is 59.5 Å². The summed E-state index contributed by atoms with van der Waals surface area (Å²) in [5.74, 6) is -0.312. The highest BCUT2D eigenvalue weighted by Gasteiger charge is 2.07. The third-order valence-electron chi connectivity index (χ3n) is 3.94. The lowest BCUT2D eigenvalue weighted by Gasteiger charge is -2.15. The Labute approximate surface area is 147 Å². The molecule has 0 atom stereocenters. The van der Waals surface area contributed by atoms with Gasteiger partial charge in [0.1, 0.15) is 0 Å². The second kappa shape index (κ2) is 7.77. The molecule has 1 heterocycles. The van der Waals surface area contributed by atoms with E-state index in [2.05, 4.69) is 17.0 Å². The average Bonchev–Trinajstić information content (AvgIpc) is 3.10. The van der Waals surface area contributed by atoms with Crippen LogP contribution >= 0.6 is 0 Å². The Morgan fingerprint density at radius 3 is 2.40 bits per heavy atom. The maximum Gasteiger partial charge on any atom is 0.337 e. The van der Waals surface area contributed by atoms with E-state index in [-0.39, 0.29) is 5.97 Å². The van der Waals surface area contributed by atoms with Crippen LogP contribution in [0, 0.1) is 0 Å². The van der Waals surface area contributed by atoms with Crippen molar-refractivity contribution in [1.82, 2.24) is 14.7 Å². The van der Waals surface area contributed by atoms with E-state index in [1.54, 1.807) is 12.1 Å². The lowest BCUT2D eigenvalue weighted by molar-refractivity contribution is 0.0600. The second-order valence-corrected chi connectivity index (χ2v) is 5.99. The van der Waals surface area contributed by atoms with Gasteiger partial charge in [0.2, 0.25) is 0 Å². The highest BCUT2D eigenvalue weighted by molar-refractivity contribution is 5.89. The number of esters is 1. The summed E-state index contributed by atoms with van der Waals surface area (Å²) in [5.41, 5.74) is 3.91. The minimum absolute atomic E-state index is 0.312. The van der Waals surface area contributed by atoms with Crippen LogP contribution in [0.5, 0.6) is 0 Å². The van der Waals surface area contributed by atoms with Gasteiger partial charge in [0.15, 0.2) is 0 Å². The molecule has 3 aromatic rings. The van der Waals surface area contributed by atoms with Crippen molar-refractivity contribution < 1.29 is 9.53 Å². The zero-order valence-electron chi connectivity index (χ0n) is 14.4. The van der Waals surface area contributed by atoms with Gasteiger partial charge in [-0.15, -0.1) is 0 Å². The lowest BCUT2D eigenvalue weighted by Crippen LogP contribution is -2.17. The van der Waals surface area contributed by atoms with Crippen molar-refractivity contribution in [2.45, 2.75) is 13.1 Å². The number of ether oxygens (including phenoxy) is 1. The van der Waals surface area contributed by atoms with Gasteiger partial charge in [-0.2, -0.15) is 5.10 Å². The molecule has 5 nitrogen and oxygen atoms in total. The van der Waals surface area contributed by atoms with Crippen LogP contribution in [-0.4, -0.2) is 34.8 Å². The number of para-hydroxylation sites is 1. The van der Waals surface area contributed by atoms with E-state index in [0.717, 1.165) is 29.9 Å². The largest absolute Gasteiger partial charge is 0.465 e. The van der Waals surface area contributed by atoms with Crippen molar-refractivity contribution in [3.05, 3.63) is 83.7 Å². The smallest absolute Gasteiger partial charge is 0.337 e. The molecule has 0 saturated heterocycles. The second-order valence-electron chi connectivity index (χ2n) is 5.99. The molecule has 0 unspecified atom stereocenters. The summed E-state index contributed by atoms with van der Waals surface area (Å²) in [6.45, 7) is 1.59. The van der Waals surface area contributed by atoms with Gasteiger partial charge in [0.25, 0.3) is 0 Å². The number of hydrogen-bond acceptors (Lipinski definition) is 4. The molecule has 25 heavy (non-hydrogen) atoms. The molecule has 3 rings (SSSR count). The molecule has 0 aliphatic rings. The standard InChI is InChI=1S/C20H21N3O2/c1-22(13-16-8-10-18(11-9-16)20(24)25-2)14-17-12-21-23(15-17)19-6-4-3-5-7-19/h3-12,15H,13-14H2,1-2H3. The molecule has 0 saturated carbocycles. The molecule has 0 aliphatic carbocycles. The minimum atomic E-state index is -0.312. The fraction of sp³-hybridized carbons (Fsp3) is 0.200. The van der Waals surface area contributed by atoms with Crippen molar-refractivity contribution in [3.8, 4) is 5.69 Å². The van der Waals surface area contributed by atoms with Crippen molar-refractivity contribution in [1.29, 1.82) is 0 Å². The topological polar surface area (TPSA) is 47.4 Å². The number of rotatable bonds is 6. The van der Waals surface area contributed by atoms with Crippen LogP contribution in [0.4, 0.5) is 0 Å². The van der Waals surface area contributed by atoms with E-state index in [0.29, 0.717) is 5.56 Å². The van der Waals surface area contributed by atoms with E-state index < -0.39 is 0 Å². The van der Waals surface area contributed by atoms with Gasteiger partial charge in [-0.25, -0.2) is 9.48 Å². The quantitative estimate of drug-likeness (QED) is 0.649. The van der Waals surface area contributed by atoms with Crippen molar-refractivity contribution in [3.63, 3.8) is 0 Å². The summed E-state index contributed by atoms with van der Waals surface area (Å²) in [6, 6.07) is 17.6. The number of nitrogens with zero attached hydrogens (tertiary/aromatic N) is 3. The fourth-order valence-electron chi connectivity index (χ4n) is 2.71. The number of carbonyl (C=O) groups excluding carboxylic acids is 1. The summed E-state index contributed by atoms with van der Waals surface area (Å²) in [6.07, 6.45) is 3.94. The maximum atomic E-state index is 11.5. The summed E-state index contributed by atoms with van der Waals surface area (Å²) >= 11 is 0. The van der Waals surface area contributed by atoms with Gasteiger partial charge in [-0.3, -0.25) is 4.90 Å². The normalized spacial score (nSPS) is 10.8. The average molecular weight is 335 g/mol. The Bertz CT molecular complexity index is 826. The number of benzene rings is 2. The summed E-state index contributed by atoms with van der Waals surface area (Å²) in [5, 5.41) is 4.43. The molecule has 0 fully saturated rings. The molecule has 2 aromatic carbocycles. The van der Waals surface area contributed by atoms with Crippen LogP contribution < -0.4 is 0 Å². The summed E-state index contributed by atoms with van der Waals surface area (Å²) in [7, 11) is 3.45. The first-order valence-corrected chi connectivity index (χ1v) is 8.10. The van der Waals surface area contributed by atoms with Crippen LogP contribution in [0.3, 0.4) is 0 Å². The van der Waals surface area contributed by atoms with Gasteiger partial charge in [0, 0.05) is 24.8 Å². The van der Waals surface area contributed by atoms with Crippen LogP contribution in [0.1, 0.15) is 21.5 Å². The highest BCUT2D eigenvalue weighted by atomic mass is 16.5. The molecule has 0 aliphatic heterocycles. The van der Waals surface area contributed by atoms with Crippen LogP contribution in [0.15, 0.2) is 67.0 Å². The minimum Gasteiger partial charge on any atom is -0.465 e. The highest BCUT2D eigenvalue weighted by Crippen LogP contribution is 2.12. The molecule has 0 radical (unpaired) electrons. The number of carbonyl (C=O) groups is 1. The monoisotopic (exact) mass is 335 g/mol. The Morgan fingerprint density at radius 1 is 1.04 bits per heavy atom. The first-order valence-electron chi connectivity index (χ1n) is 8.10. The number of hydrogen-bond donors (Lipinski definition) is 0. The molecule has 0 N–H and O–H groups in total. The Kier molecular flexibility index (Phi) is 5.26. The van der Waals surface area contributed by atoms with Gasteiger partial charge in [-0.05, 0) is 36.9 Å². The Hall–Kier alpha value is -2.92. The number of aromatic nitrogens is 2. The predicted octanol–water partition coefficient (Wildman–Crippen LogP) is 3.29. The number of methoxy groups -OCH3 is 1. The fourth-order valence-corrected chi connectivity index (χ4v) is 2.71. The lowest BCUT2D eigenvalue weighted by atomic mass is 10.1. The van der Waals surface area contributed by atoms with Gasteiger partial charge in [-0.1, -0.05) is 30.3 Å². The molecule has 0 amide bonds. The van der Waals surface area contributed by atoms with Gasteiger partial charge in [0.05, 0.1) is 24.6 Å². The maximum absolute atomic E-state index is 11.5. The first-order chi connectivity index (χ1) is 12.2. The third-order valence-corrected chi connectivity index (χ3v) is 3.94. The van der Waals surface area contributed by atoms with Crippen LogP contribution in [0.25, 0.3) is 5.69 Å². The first kappa shape index (κ1) is 16.9. The Balaban J connectivity index is 1.60. The zero-order chi connectivity index (χ0) is 17.6. The van der Waals surface area contributed by atoms with E-state index in [4.69, 9.17) is 4.74 Å². The molecule has 1 aromatic heterocycles. The molecule has 0 spiro atoms. The molecule has 5 heteroatoms. The van der Waals surface area contributed by atoms with E-state index in [1.165, 1.54) is 7.11 Å².